The van der Waals surface area contributed by atoms with Crippen molar-refractivity contribution >= 4 is 11.4 Å². The molecule has 0 spiro atoms. The topological polar surface area (TPSA) is 55.3 Å². The third-order valence-electron chi connectivity index (χ3n) is 1.89. The summed E-state index contributed by atoms with van der Waals surface area (Å²) in [6.07, 6.45) is 3.80. The number of halogens is 1. The molecule has 0 aliphatic carbocycles. The van der Waals surface area contributed by atoms with Crippen LogP contribution in [0.2, 0.25) is 0 Å². The minimum absolute atomic E-state index is 0.276. The van der Waals surface area contributed by atoms with Gasteiger partial charge >= 0.3 is 108 Å². The van der Waals surface area contributed by atoms with Gasteiger partial charge in [-0.1, -0.05) is 0 Å². The molecule has 1 rings (SSSR count). The van der Waals surface area contributed by atoms with E-state index in [1.165, 1.54) is 3.57 Å². The Morgan fingerprint density at radius 2 is 1.81 bits per heavy atom. The number of nitrogens with zero attached hydrogens (tertiary/aromatic N) is 1. The first kappa shape index (κ1) is 13.1. The molecule has 0 aliphatic heterocycles. The predicted octanol–water partition coefficient (Wildman–Crippen LogP) is -1.30. The second-order valence-corrected chi connectivity index (χ2v) is 6.28. The van der Waals surface area contributed by atoms with Gasteiger partial charge in [-0.3, -0.25) is 0 Å². The van der Waals surface area contributed by atoms with Crippen molar-refractivity contribution in [2.75, 3.05) is 24.6 Å². The first-order valence-corrected chi connectivity index (χ1v) is 6.98. The summed E-state index contributed by atoms with van der Waals surface area (Å²) in [5.41, 5.74) is 13.1. The van der Waals surface area contributed by atoms with Crippen LogP contribution < -0.4 is 32.9 Å². The number of nitrogens with two attached hydrogens (primary N) is 2. The van der Waals surface area contributed by atoms with Gasteiger partial charge in [-0.05, 0) is 0 Å². The Kier molecular flexibility index (Phi) is 5.34. The van der Waals surface area contributed by atoms with Gasteiger partial charge in [0, 0.05) is 0 Å². The molecule has 88 valence electrons. The maximum absolute atomic E-state index is 5.93. The van der Waals surface area contributed by atoms with Crippen molar-refractivity contribution in [3.05, 3.63) is 47.1 Å². The molecule has 0 saturated heterocycles. The molecule has 16 heavy (non-hydrogen) atoms. The van der Waals surface area contributed by atoms with Crippen LogP contribution >= 0.6 is 0 Å². The Hall–Kier alpha value is -1.01. The van der Waals surface area contributed by atoms with Gasteiger partial charge in [0.05, 0.1) is 0 Å². The fourth-order valence-electron chi connectivity index (χ4n) is 1.19. The first-order chi connectivity index (χ1) is 7.67. The number of anilines is 2. The van der Waals surface area contributed by atoms with Crippen LogP contribution in [0.25, 0.3) is 0 Å². The molecule has 0 heterocycles. The molecule has 0 amide bonds. The third kappa shape index (κ3) is 3.86. The molecular formula is C12H17IN3-. The monoisotopic (exact) mass is 330 g/mol. The first-order valence-electron chi connectivity index (χ1n) is 4.94. The normalized spacial score (nSPS) is 10.6. The molecule has 1 aromatic carbocycles. The van der Waals surface area contributed by atoms with Crippen LogP contribution in [0.15, 0.2) is 43.5 Å². The minimum atomic E-state index is -0.276. The Morgan fingerprint density at radius 1 is 1.19 bits per heavy atom. The summed E-state index contributed by atoms with van der Waals surface area (Å²) < 4.78 is 3.50. The fourth-order valence-corrected chi connectivity index (χ4v) is 3.65. The van der Waals surface area contributed by atoms with Crippen LogP contribution in [0.3, 0.4) is 0 Å². The number of nitrogen functional groups attached to an aromatic ring is 2. The van der Waals surface area contributed by atoms with Crippen molar-refractivity contribution < 1.29 is 21.5 Å². The number of hydrogen-bond acceptors (Lipinski definition) is 3. The van der Waals surface area contributed by atoms with E-state index >= 15 is 0 Å². The van der Waals surface area contributed by atoms with Crippen molar-refractivity contribution in [1.82, 2.24) is 3.11 Å². The maximum atomic E-state index is 5.93. The van der Waals surface area contributed by atoms with Gasteiger partial charge in [0.1, 0.15) is 0 Å². The Balaban J connectivity index is 2.75. The second-order valence-electron chi connectivity index (χ2n) is 3.27. The molecule has 0 atom stereocenters. The zero-order valence-electron chi connectivity index (χ0n) is 9.20. The van der Waals surface area contributed by atoms with Gasteiger partial charge in [0.25, 0.3) is 0 Å². The number of benzene rings is 1. The molecule has 4 N–H and O–H groups in total. The summed E-state index contributed by atoms with van der Waals surface area (Å²) >= 11 is -0.276. The SMILES string of the molecule is C=CCN(CC=C)[I-]c1ccc(N)cc1N. The van der Waals surface area contributed by atoms with E-state index in [-0.39, 0.29) is 21.5 Å². The molecule has 0 unspecified atom stereocenters. The van der Waals surface area contributed by atoms with Crippen LogP contribution in [0, 0.1) is 3.57 Å². The van der Waals surface area contributed by atoms with Gasteiger partial charge in [-0.2, -0.15) is 0 Å². The van der Waals surface area contributed by atoms with Crippen LogP contribution in [0.5, 0.6) is 0 Å². The molecule has 0 bridgehead atoms. The molecular weight excluding hydrogens is 313 g/mol. The molecule has 0 saturated carbocycles. The summed E-state index contributed by atoms with van der Waals surface area (Å²) in [7, 11) is 0. The average Bonchev–Trinajstić information content (AvgIpc) is 2.23. The predicted molar refractivity (Wildman–Crippen MR) is 65.9 cm³/mol. The van der Waals surface area contributed by atoms with Crippen LogP contribution in [-0.2, 0) is 0 Å². The van der Waals surface area contributed by atoms with Gasteiger partial charge in [-0.25, -0.2) is 0 Å². The van der Waals surface area contributed by atoms with Crippen LogP contribution in [-0.4, -0.2) is 16.2 Å². The zero-order chi connectivity index (χ0) is 12.0. The third-order valence-corrected chi connectivity index (χ3v) is 4.86. The van der Waals surface area contributed by atoms with Crippen molar-refractivity contribution in [3.8, 4) is 0 Å². The Bertz CT molecular complexity index is 367. The Labute approximate surface area is 107 Å². The van der Waals surface area contributed by atoms with E-state index in [0.717, 1.165) is 18.8 Å². The van der Waals surface area contributed by atoms with E-state index in [1.807, 2.05) is 30.4 Å². The zero-order valence-corrected chi connectivity index (χ0v) is 11.4. The van der Waals surface area contributed by atoms with E-state index in [2.05, 4.69) is 16.3 Å². The molecule has 3 nitrogen and oxygen atoms in total. The standard InChI is InChI=1S/C12H17IN3/c1-3-7-16(8-4-2)13-11-6-5-10(14)9-12(11)15/h3-6,9H,1-2,7-8,14-15H2/q-1. The quantitative estimate of drug-likeness (QED) is 0.295. The van der Waals surface area contributed by atoms with Crippen LogP contribution in [0.4, 0.5) is 11.4 Å². The van der Waals surface area contributed by atoms with E-state index in [9.17, 15) is 0 Å². The molecule has 4 heteroatoms. The van der Waals surface area contributed by atoms with Gasteiger partial charge in [0.2, 0.25) is 0 Å². The van der Waals surface area contributed by atoms with Crippen molar-refractivity contribution in [1.29, 1.82) is 0 Å². The molecule has 0 fully saturated rings. The summed E-state index contributed by atoms with van der Waals surface area (Å²) in [6, 6.07) is 5.72. The molecule has 0 aromatic heterocycles. The van der Waals surface area contributed by atoms with E-state index in [0.29, 0.717) is 5.69 Å². The fraction of sp³-hybridized carbons (Fsp3) is 0.167. The molecule has 1 aromatic rings. The summed E-state index contributed by atoms with van der Waals surface area (Å²) in [4.78, 5) is 0. The molecule has 0 radical (unpaired) electrons. The average molecular weight is 330 g/mol. The number of rotatable bonds is 6. The van der Waals surface area contributed by atoms with Crippen molar-refractivity contribution in [2.45, 2.75) is 0 Å². The van der Waals surface area contributed by atoms with E-state index < -0.39 is 0 Å². The van der Waals surface area contributed by atoms with E-state index in [1.54, 1.807) is 0 Å². The van der Waals surface area contributed by atoms with Gasteiger partial charge < -0.3 is 0 Å². The summed E-state index contributed by atoms with van der Waals surface area (Å²) in [5, 5.41) is 0. The summed E-state index contributed by atoms with van der Waals surface area (Å²) in [5.74, 6) is 0. The summed E-state index contributed by atoms with van der Waals surface area (Å²) in [6.45, 7) is 9.23. The van der Waals surface area contributed by atoms with Crippen molar-refractivity contribution in [2.24, 2.45) is 0 Å². The van der Waals surface area contributed by atoms with Crippen molar-refractivity contribution in [3.63, 3.8) is 0 Å². The number of hydrogen-bond donors (Lipinski definition) is 2. The van der Waals surface area contributed by atoms with E-state index in [4.69, 9.17) is 11.5 Å². The molecule has 0 aliphatic rings. The van der Waals surface area contributed by atoms with Gasteiger partial charge in [-0.15, -0.1) is 0 Å². The van der Waals surface area contributed by atoms with Gasteiger partial charge in [0.15, 0.2) is 0 Å². The second kappa shape index (κ2) is 6.55. The Morgan fingerprint density at radius 3 is 2.31 bits per heavy atom. The van der Waals surface area contributed by atoms with Crippen LogP contribution in [0.1, 0.15) is 0 Å².